The summed E-state index contributed by atoms with van der Waals surface area (Å²) in [5.74, 6) is -0.124. The first-order valence-electron chi connectivity index (χ1n) is 9.40. The Labute approximate surface area is 181 Å². The number of carbonyl (C=O) groups excluding carboxylic acids is 1. The van der Waals surface area contributed by atoms with Crippen LogP contribution < -0.4 is 11.2 Å². The van der Waals surface area contributed by atoms with E-state index >= 15 is 0 Å². The van der Waals surface area contributed by atoms with E-state index in [1.165, 1.54) is 18.3 Å². The molecule has 0 N–H and O–H groups in total. The number of benzene rings is 2. The highest BCUT2D eigenvalue weighted by atomic mass is 35.5. The minimum atomic E-state index is -0.450. The van der Waals surface area contributed by atoms with Gasteiger partial charge in [-0.15, -0.1) is 11.3 Å². The molecule has 0 aliphatic rings. The molecule has 0 saturated heterocycles. The smallest absolute Gasteiger partial charge is 0.294 e. The third kappa shape index (κ3) is 3.32. The van der Waals surface area contributed by atoms with Crippen LogP contribution in [0.4, 0.5) is 0 Å². The summed E-state index contributed by atoms with van der Waals surface area (Å²) in [6, 6.07) is 14.4. The van der Waals surface area contributed by atoms with Crippen LogP contribution in [0.5, 0.6) is 0 Å². The average Bonchev–Trinajstić information content (AvgIpc) is 3.06. The summed E-state index contributed by atoms with van der Waals surface area (Å²) in [5, 5.41) is 0.909. The normalized spacial score (nSPS) is 11.2. The van der Waals surface area contributed by atoms with E-state index in [0.717, 1.165) is 15.7 Å². The van der Waals surface area contributed by atoms with Crippen LogP contribution in [0.2, 0.25) is 5.02 Å². The number of aromatic nitrogens is 2. The number of ketones is 1. The molecule has 0 atom stereocenters. The zero-order valence-electron chi connectivity index (χ0n) is 16.7. The molecular weight excluding hydrogens is 420 g/mol. The van der Waals surface area contributed by atoms with Crippen LogP contribution in [0.25, 0.3) is 15.9 Å². The number of carbonyl (C=O) groups is 1. The molecule has 4 rings (SSSR count). The zero-order chi connectivity index (χ0) is 21.6. The Morgan fingerprint density at radius 3 is 2.33 bits per heavy atom. The summed E-state index contributed by atoms with van der Waals surface area (Å²) in [6.07, 6.45) is 0. The van der Waals surface area contributed by atoms with E-state index in [-0.39, 0.29) is 5.78 Å². The number of aryl methyl sites for hydroxylation is 2. The molecule has 2 heterocycles. The monoisotopic (exact) mass is 438 g/mol. The third-order valence-electron chi connectivity index (χ3n) is 5.21. The lowest BCUT2D eigenvalue weighted by Crippen LogP contribution is -2.39. The molecule has 0 fully saturated rings. The first-order valence-corrected chi connectivity index (χ1v) is 10.6. The van der Waals surface area contributed by atoms with Gasteiger partial charge in [-0.2, -0.15) is 0 Å². The Bertz CT molecular complexity index is 1410. The van der Waals surface area contributed by atoms with Crippen molar-refractivity contribution in [3.05, 3.63) is 96.0 Å². The summed E-state index contributed by atoms with van der Waals surface area (Å²) in [5.41, 5.74) is 2.17. The van der Waals surface area contributed by atoms with Gasteiger partial charge in [0.1, 0.15) is 4.83 Å². The molecule has 0 aliphatic carbocycles. The standard InChI is InChI=1S/C23H19ClN2O3S/c1-13-6-4-5-7-16(13)12-25-22-19(14(2)20(30-22)15(3)27)21(28)26(23(25)29)18-10-8-17(24)9-11-18/h4-11H,12H2,1-3H3. The highest BCUT2D eigenvalue weighted by Gasteiger charge is 2.22. The van der Waals surface area contributed by atoms with E-state index in [9.17, 15) is 14.4 Å². The quantitative estimate of drug-likeness (QED) is 0.432. The van der Waals surface area contributed by atoms with E-state index in [1.54, 1.807) is 35.8 Å². The minimum Gasteiger partial charge on any atom is -0.294 e. The van der Waals surface area contributed by atoms with E-state index in [1.807, 2.05) is 31.2 Å². The van der Waals surface area contributed by atoms with Gasteiger partial charge in [-0.3, -0.25) is 14.2 Å². The van der Waals surface area contributed by atoms with Gasteiger partial charge in [0.2, 0.25) is 0 Å². The van der Waals surface area contributed by atoms with Gasteiger partial charge in [0.05, 0.1) is 22.5 Å². The number of thiophene rings is 1. The van der Waals surface area contributed by atoms with Crippen molar-refractivity contribution >= 4 is 38.9 Å². The number of halogens is 1. The molecule has 5 nitrogen and oxygen atoms in total. The SMILES string of the molecule is CC(=O)c1sc2c(c1C)c(=O)n(-c1ccc(Cl)cc1)c(=O)n2Cc1ccccc1C. The van der Waals surface area contributed by atoms with Crippen molar-refractivity contribution in [3.8, 4) is 5.69 Å². The first kappa shape index (κ1) is 20.3. The Hall–Kier alpha value is -2.96. The largest absolute Gasteiger partial charge is 0.337 e. The van der Waals surface area contributed by atoms with Crippen molar-refractivity contribution < 1.29 is 4.79 Å². The summed E-state index contributed by atoms with van der Waals surface area (Å²) in [7, 11) is 0. The molecule has 7 heteroatoms. The molecule has 0 bridgehead atoms. The first-order chi connectivity index (χ1) is 14.3. The van der Waals surface area contributed by atoms with Crippen LogP contribution >= 0.6 is 22.9 Å². The van der Waals surface area contributed by atoms with E-state index in [2.05, 4.69) is 0 Å². The van der Waals surface area contributed by atoms with Crippen LogP contribution in [-0.2, 0) is 6.54 Å². The number of Topliss-reactive ketones (excluding diaryl/α,β-unsaturated/α-hetero) is 1. The molecule has 0 unspecified atom stereocenters. The number of nitrogens with zero attached hydrogens (tertiary/aromatic N) is 2. The summed E-state index contributed by atoms with van der Waals surface area (Å²) < 4.78 is 2.73. The van der Waals surface area contributed by atoms with Crippen LogP contribution in [-0.4, -0.2) is 14.9 Å². The van der Waals surface area contributed by atoms with Gasteiger partial charge in [0.15, 0.2) is 5.78 Å². The van der Waals surface area contributed by atoms with Crippen molar-refractivity contribution in [2.75, 3.05) is 0 Å². The lowest BCUT2D eigenvalue weighted by Gasteiger charge is -2.13. The molecular formula is C23H19ClN2O3S. The lowest BCUT2D eigenvalue weighted by atomic mass is 10.1. The van der Waals surface area contributed by atoms with Gasteiger partial charge < -0.3 is 0 Å². The van der Waals surface area contributed by atoms with Crippen molar-refractivity contribution in [3.63, 3.8) is 0 Å². The van der Waals surface area contributed by atoms with Crippen molar-refractivity contribution in [2.45, 2.75) is 27.3 Å². The van der Waals surface area contributed by atoms with Gasteiger partial charge in [0.25, 0.3) is 5.56 Å². The highest BCUT2D eigenvalue weighted by Crippen LogP contribution is 2.29. The molecule has 2 aromatic heterocycles. The second kappa shape index (κ2) is 7.70. The number of hydrogen-bond donors (Lipinski definition) is 0. The van der Waals surface area contributed by atoms with E-state index < -0.39 is 11.2 Å². The molecule has 30 heavy (non-hydrogen) atoms. The summed E-state index contributed by atoms with van der Waals surface area (Å²) in [6.45, 7) is 5.51. The number of fused-ring (bicyclic) bond motifs is 1. The predicted molar refractivity (Wildman–Crippen MR) is 122 cm³/mol. The lowest BCUT2D eigenvalue weighted by molar-refractivity contribution is 0.102. The van der Waals surface area contributed by atoms with Crippen molar-refractivity contribution in [2.24, 2.45) is 0 Å². The molecule has 0 radical (unpaired) electrons. The van der Waals surface area contributed by atoms with E-state index in [0.29, 0.717) is 37.9 Å². The maximum Gasteiger partial charge on any atom is 0.337 e. The second-order valence-electron chi connectivity index (χ2n) is 7.20. The molecule has 0 saturated carbocycles. The fourth-order valence-electron chi connectivity index (χ4n) is 3.60. The summed E-state index contributed by atoms with van der Waals surface area (Å²) in [4.78, 5) is 40.0. The fraction of sp³-hybridized carbons (Fsp3) is 0.174. The molecule has 0 amide bonds. The maximum absolute atomic E-state index is 13.5. The topological polar surface area (TPSA) is 61.1 Å². The predicted octanol–water partition coefficient (Wildman–Crippen LogP) is 4.74. The van der Waals surface area contributed by atoms with Gasteiger partial charge in [0, 0.05) is 5.02 Å². The third-order valence-corrected chi connectivity index (χ3v) is 6.87. The Morgan fingerprint density at radius 2 is 1.70 bits per heavy atom. The number of hydrogen-bond acceptors (Lipinski definition) is 4. The van der Waals surface area contributed by atoms with Crippen molar-refractivity contribution in [1.29, 1.82) is 0 Å². The molecule has 2 aromatic carbocycles. The Balaban J connectivity index is 2.11. The van der Waals surface area contributed by atoms with E-state index in [4.69, 9.17) is 11.6 Å². The van der Waals surface area contributed by atoms with Crippen LogP contribution in [0.1, 0.15) is 33.3 Å². The molecule has 0 spiro atoms. The van der Waals surface area contributed by atoms with Gasteiger partial charge >= 0.3 is 5.69 Å². The Morgan fingerprint density at radius 1 is 1.03 bits per heavy atom. The van der Waals surface area contributed by atoms with Crippen LogP contribution in [0.3, 0.4) is 0 Å². The minimum absolute atomic E-state index is 0.124. The highest BCUT2D eigenvalue weighted by molar-refractivity contribution is 7.20. The van der Waals surface area contributed by atoms with Crippen LogP contribution in [0.15, 0.2) is 58.1 Å². The molecule has 4 aromatic rings. The van der Waals surface area contributed by atoms with Gasteiger partial charge in [-0.25, -0.2) is 9.36 Å². The molecule has 152 valence electrons. The average molecular weight is 439 g/mol. The van der Waals surface area contributed by atoms with Crippen molar-refractivity contribution in [1.82, 2.24) is 9.13 Å². The zero-order valence-corrected chi connectivity index (χ0v) is 18.3. The molecule has 0 aliphatic heterocycles. The van der Waals surface area contributed by atoms with Crippen LogP contribution in [0, 0.1) is 13.8 Å². The fourth-order valence-corrected chi connectivity index (χ4v) is 4.91. The second-order valence-corrected chi connectivity index (χ2v) is 8.64. The summed E-state index contributed by atoms with van der Waals surface area (Å²) >= 11 is 7.18. The number of rotatable bonds is 4. The van der Waals surface area contributed by atoms with Gasteiger partial charge in [-0.1, -0.05) is 35.9 Å². The Kier molecular flexibility index (Phi) is 5.22. The maximum atomic E-state index is 13.5. The van der Waals surface area contributed by atoms with Gasteiger partial charge in [-0.05, 0) is 61.7 Å².